The topological polar surface area (TPSA) is 96.7 Å². The highest BCUT2D eigenvalue weighted by molar-refractivity contribution is 5.97. The Morgan fingerprint density at radius 1 is 1.45 bits per heavy atom. The molecule has 0 aliphatic heterocycles. The van der Waals surface area contributed by atoms with E-state index in [9.17, 15) is 4.79 Å². The van der Waals surface area contributed by atoms with E-state index in [4.69, 9.17) is 5.73 Å². The van der Waals surface area contributed by atoms with Crippen LogP contribution in [0.25, 0.3) is 0 Å². The molecule has 6 heteroatoms. The largest absolute Gasteiger partial charge is 0.395 e. The third-order valence-corrected chi connectivity index (χ3v) is 3.02. The maximum Gasteiger partial charge on any atom is 0.273 e. The average molecular weight is 273 g/mol. The van der Waals surface area contributed by atoms with Crippen LogP contribution in [0.4, 0.5) is 5.69 Å². The number of anilines is 1. The summed E-state index contributed by atoms with van der Waals surface area (Å²) < 4.78 is 0. The van der Waals surface area contributed by atoms with Crippen LogP contribution in [0.3, 0.4) is 0 Å². The van der Waals surface area contributed by atoms with E-state index in [1.807, 2.05) is 32.0 Å². The molecule has 0 spiro atoms. The second-order valence-electron chi connectivity index (χ2n) is 4.88. The Kier molecular flexibility index (Phi) is 4.34. The molecule has 2 rings (SSSR count). The molecule has 0 unspecified atom stereocenters. The molecule has 0 aliphatic carbocycles. The predicted octanol–water partition coefficient (Wildman–Crippen LogP) is 1.48. The number of nitrogens with zero attached hydrogens (tertiary/aromatic N) is 2. The van der Waals surface area contributed by atoms with Gasteiger partial charge in [0.05, 0.1) is 11.4 Å². The molecule has 2 aromatic heterocycles. The summed E-state index contributed by atoms with van der Waals surface area (Å²) in [6.45, 7) is 4.48. The van der Waals surface area contributed by atoms with E-state index in [1.165, 1.54) is 0 Å². The number of pyridine rings is 1. The Morgan fingerprint density at radius 2 is 2.25 bits per heavy atom. The van der Waals surface area contributed by atoms with Gasteiger partial charge in [-0.25, -0.2) is 0 Å². The van der Waals surface area contributed by atoms with Crippen LogP contribution < -0.4 is 11.1 Å². The van der Waals surface area contributed by atoms with Gasteiger partial charge in [-0.15, -0.1) is 0 Å². The fraction of sp³-hybridized carbons (Fsp3) is 0.357. The van der Waals surface area contributed by atoms with Gasteiger partial charge in [0.2, 0.25) is 0 Å². The molecule has 0 atom stereocenters. The average Bonchev–Trinajstić information content (AvgIpc) is 2.82. The van der Waals surface area contributed by atoms with Gasteiger partial charge in [-0.1, -0.05) is 19.9 Å². The molecule has 2 aromatic rings. The van der Waals surface area contributed by atoms with Crippen LogP contribution in [-0.4, -0.2) is 27.6 Å². The van der Waals surface area contributed by atoms with Gasteiger partial charge in [0.25, 0.3) is 5.91 Å². The number of rotatable bonds is 5. The maximum absolute atomic E-state index is 12.0. The number of aromatic nitrogens is 3. The summed E-state index contributed by atoms with van der Waals surface area (Å²) in [5, 5.41) is 9.60. The van der Waals surface area contributed by atoms with Gasteiger partial charge < -0.3 is 11.1 Å². The highest BCUT2D eigenvalue weighted by atomic mass is 16.1. The van der Waals surface area contributed by atoms with Crippen molar-refractivity contribution in [2.24, 2.45) is 0 Å². The number of amides is 1. The molecule has 1 amide bonds. The molecule has 0 saturated carbocycles. The number of nitrogens with one attached hydrogen (secondary N) is 2. The third-order valence-electron chi connectivity index (χ3n) is 3.02. The molecule has 0 saturated heterocycles. The molecule has 0 radical (unpaired) electrons. The summed E-state index contributed by atoms with van der Waals surface area (Å²) in [5.41, 5.74) is 8.33. The van der Waals surface area contributed by atoms with E-state index >= 15 is 0 Å². The van der Waals surface area contributed by atoms with Gasteiger partial charge in [-0.05, 0) is 18.1 Å². The van der Waals surface area contributed by atoms with Gasteiger partial charge >= 0.3 is 0 Å². The number of aromatic amines is 1. The summed E-state index contributed by atoms with van der Waals surface area (Å²) in [7, 11) is 0. The van der Waals surface area contributed by atoms with Crippen LogP contribution in [0.15, 0.2) is 24.4 Å². The summed E-state index contributed by atoms with van der Waals surface area (Å²) in [6, 6.07) is 5.71. The van der Waals surface area contributed by atoms with Crippen molar-refractivity contribution < 1.29 is 4.79 Å². The van der Waals surface area contributed by atoms with Crippen molar-refractivity contribution >= 4 is 11.6 Å². The van der Waals surface area contributed by atoms with Crippen molar-refractivity contribution in [2.45, 2.75) is 26.2 Å². The Bertz CT molecular complexity index is 577. The van der Waals surface area contributed by atoms with E-state index < -0.39 is 0 Å². The zero-order valence-corrected chi connectivity index (χ0v) is 11.7. The zero-order chi connectivity index (χ0) is 14.5. The van der Waals surface area contributed by atoms with Crippen molar-refractivity contribution in [3.8, 4) is 0 Å². The molecule has 2 heterocycles. The molecule has 20 heavy (non-hydrogen) atoms. The van der Waals surface area contributed by atoms with Crippen LogP contribution >= 0.6 is 0 Å². The van der Waals surface area contributed by atoms with Crippen molar-refractivity contribution in [3.05, 3.63) is 41.5 Å². The number of H-pyrrole nitrogens is 1. The molecule has 4 N–H and O–H groups in total. The van der Waals surface area contributed by atoms with Gasteiger partial charge in [-0.3, -0.25) is 14.9 Å². The number of carbonyl (C=O) groups is 1. The first-order valence-electron chi connectivity index (χ1n) is 6.61. The van der Waals surface area contributed by atoms with Gasteiger partial charge in [0.1, 0.15) is 0 Å². The van der Waals surface area contributed by atoms with E-state index in [0.29, 0.717) is 18.7 Å². The summed E-state index contributed by atoms with van der Waals surface area (Å²) >= 11 is 0. The first-order valence-corrected chi connectivity index (χ1v) is 6.61. The number of nitrogen functional groups attached to an aromatic ring is 1. The van der Waals surface area contributed by atoms with Crippen LogP contribution in [0.5, 0.6) is 0 Å². The lowest BCUT2D eigenvalue weighted by atomic mass is 10.1. The summed E-state index contributed by atoms with van der Waals surface area (Å²) in [5.74, 6) is -0.0563. The summed E-state index contributed by atoms with van der Waals surface area (Å²) in [4.78, 5) is 16.2. The lowest BCUT2D eigenvalue weighted by Gasteiger charge is -2.05. The van der Waals surface area contributed by atoms with Gasteiger partial charge in [0.15, 0.2) is 5.69 Å². The predicted molar refractivity (Wildman–Crippen MR) is 77.4 cm³/mol. The Hall–Kier alpha value is -2.37. The van der Waals surface area contributed by atoms with Crippen LogP contribution in [-0.2, 0) is 6.42 Å². The van der Waals surface area contributed by atoms with E-state index in [-0.39, 0.29) is 17.5 Å². The van der Waals surface area contributed by atoms with Crippen molar-refractivity contribution in [1.82, 2.24) is 20.5 Å². The molecule has 0 fully saturated rings. The molecule has 106 valence electrons. The minimum atomic E-state index is -0.262. The molecular formula is C14H19N5O. The minimum Gasteiger partial charge on any atom is -0.395 e. The Balaban J connectivity index is 1.92. The Labute approximate surface area is 117 Å². The van der Waals surface area contributed by atoms with Crippen molar-refractivity contribution in [3.63, 3.8) is 0 Å². The fourth-order valence-corrected chi connectivity index (χ4v) is 1.91. The highest BCUT2D eigenvalue weighted by Crippen LogP contribution is 2.21. The number of carbonyl (C=O) groups excluding carboxylic acids is 1. The summed E-state index contributed by atoms with van der Waals surface area (Å²) in [6.07, 6.45) is 2.41. The monoisotopic (exact) mass is 273 g/mol. The quantitative estimate of drug-likeness (QED) is 0.768. The lowest BCUT2D eigenvalue weighted by molar-refractivity contribution is 0.0950. The van der Waals surface area contributed by atoms with Crippen LogP contribution in [0, 0.1) is 0 Å². The molecule has 0 aromatic carbocycles. The lowest BCUT2D eigenvalue weighted by Crippen LogP contribution is -2.27. The third kappa shape index (κ3) is 3.14. The second kappa shape index (κ2) is 6.18. The second-order valence-corrected chi connectivity index (χ2v) is 4.88. The molecule has 6 nitrogen and oxygen atoms in total. The highest BCUT2D eigenvalue weighted by Gasteiger charge is 2.18. The van der Waals surface area contributed by atoms with E-state index in [0.717, 1.165) is 11.4 Å². The van der Waals surface area contributed by atoms with E-state index in [1.54, 1.807) is 6.20 Å². The van der Waals surface area contributed by atoms with Crippen molar-refractivity contribution in [1.29, 1.82) is 0 Å². The van der Waals surface area contributed by atoms with Crippen molar-refractivity contribution in [2.75, 3.05) is 12.3 Å². The van der Waals surface area contributed by atoms with Gasteiger partial charge in [0, 0.05) is 24.9 Å². The standard InChI is InChI=1S/C14H19N5O/c1-9(2)12-11(15)13(19-18-12)14(20)17-8-6-10-5-3-4-7-16-10/h3-5,7,9H,6,8,15H2,1-2H3,(H,17,20)(H,18,19). The van der Waals surface area contributed by atoms with Gasteiger partial charge in [-0.2, -0.15) is 5.10 Å². The number of hydrogen-bond donors (Lipinski definition) is 3. The smallest absolute Gasteiger partial charge is 0.273 e. The van der Waals surface area contributed by atoms with Crippen LogP contribution in [0.2, 0.25) is 0 Å². The zero-order valence-electron chi connectivity index (χ0n) is 11.7. The normalized spacial score (nSPS) is 10.8. The first kappa shape index (κ1) is 14.0. The number of hydrogen-bond acceptors (Lipinski definition) is 4. The SMILES string of the molecule is CC(C)c1[nH]nc(C(=O)NCCc2ccccn2)c1N. The van der Waals surface area contributed by atoms with E-state index in [2.05, 4.69) is 20.5 Å². The minimum absolute atomic E-state index is 0.206. The Morgan fingerprint density at radius 3 is 2.85 bits per heavy atom. The molecular weight excluding hydrogens is 254 g/mol. The first-order chi connectivity index (χ1) is 9.59. The maximum atomic E-state index is 12.0. The van der Waals surface area contributed by atoms with Crippen LogP contribution in [0.1, 0.15) is 41.6 Å². The fourth-order valence-electron chi connectivity index (χ4n) is 1.91. The molecule has 0 bridgehead atoms. The number of nitrogens with two attached hydrogens (primary N) is 1. The molecule has 0 aliphatic rings.